The summed E-state index contributed by atoms with van der Waals surface area (Å²) in [5.74, 6) is 0.983. The first-order valence-corrected chi connectivity index (χ1v) is 13.2. The Hall–Kier alpha value is -3.70. The van der Waals surface area contributed by atoms with Gasteiger partial charge in [-0.1, -0.05) is 6.92 Å². The lowest BCUT2D eigenvalue weighted by atomic mass is 9.87. The van der Waals surface area contributed by atoms with Crippen molar-refractivity contribution in [2.75, 3.05) is 31.9 Å². The summed E-state index contributed by atoms with van der Waals surface area (Å²) >= 11 is 0. The van der Waals surface area contributed by atoms with Gasteiger partial charge in [0.1, 0.15) is 17.6 Å². The van der Waals surface area contributed by atoms with Gasteiger partial charge >= 0.3 is 0 Å². The van der Waals surface area contributed by atoms with Gasteiger partial charge in [-0.2, -0.15) is 13.5 Å². The van der Waals surface area contributed by atoms with Crippen LogP contribution in [0.1, 0.15) is 18.4 Å². The van der Waals surface area contributed by atoms with E-state index in [0.717, 1.165) is 34.3 Å². The molecule has 0 aliphatic carbocycles. The fourth-order valence-electron chi connectivity index (χ4n) is 4.62. The summed E-state index contributed by atoms with van der Waals surface area (Å²) in [6, 6.07) is 9.48. The summed E-state index contributed by atoms with van der Waals surface area (Å²) in [5.41, 5.74) is 5.52. The summed E-state index contributed by atoms with van der Waals surface area (Å²) in [4.78, 5) is 11.4. The lowest BCUT2D eigenvalue weighted by Gasteiger charge is -2.40. The van der Waals surface area contributed by atoms with Gasteiger partial charge in [0.2, 0.25) is 0 Å². The number of aromatic nitrogens is 4. The van der Waals surface area contributed by atoms with E-state index >= 15 is 0 Å². The summed E-state index contributed by atoms with van der Waals surface area (Å²) in [7, 11) is 1.34. The second-order valence-corrected chi connectivity index (χ2v) is 10.4. The van der Waals surface area contributed by atoms with Crippen LogP contribution in [0.3, 0.4) is 0 Å². The Morgan fingerprint density at radius 3 is 2.53 bits per heavy atom. The van der Waals surface area contributed by atoms with Crippen LogP contribution in [0.4, 0.5) is 11.4 Å². The molecule has 2 atom stereocenters. The van der Waals surface area contributed by atoms with Crippen LogP contribution in [0, 0.1) is 0 Å². The van der Waals surface area contributed by atoms with Crippen LogP contribution >= 0.6 is 0 Å². The van der Waals surface area contributed by atoms with E-state index in [1.54, 1.807) is 37.4 Å². The topological polar surface area (TPSA) is 109 Å². The van der Waals surface area contributed by atoms with Crippen molar-refractivity contribution < 1.29 is 22.1 Å². The molecule has 10 nitrogen and oxygen atoms in total. The fraction of sp³-hybridized carbons (Fsp3) is 0.320. The molecule has 2 unspecified atom stereocenters. The molecule has 3 heterocycles. The van der Waals surface area contributed by atoms with Crippen LogP contribution in [0.2, 0.25) is 0 Å². The van der Waals surface area contributed by atoms with Crippen molar-refractivity contribution in [3.05, 3.63) is 54.5 Å². The second-order valence-electron chi connectivity index (χ2n) is 8.83. The Balaban J connectivity index is 1.66. The summed E-state index contributed by atoms with van der Waals surface area (Å²) in [6.45, 7) is 2.24. The molecule has 0 fully saturated rings. The maximum atomic E-state index is 12.1. The Labute approximate surface area is 209 Å². The smallest absolute Gasteiger partial charge is 0.264 e. The predicted octanol–water partition coefficient (Wildman–Crippen LogP) is 3.65. The van der Waals surface area contributed by atoms with Crippen LogP contribution in [0.15, 0.2) is 48.9 Å². The monoisotopic (exact) mass is 509 g/mol. The Bertz CT molecular complexity index is 1550. The van der Waals surface area contributed by atoms with Crippen molar-refractivity contribution in [1.82, 2.24) is 19.7 Å². The molecule has 0 saturated carbocycles. The highest BCUT2D eigenvalue weighted by molar-refractivity contribution is 7.86. The first-order chi connectivity index (χ1) is 17.2. The summed E-state index contributed by atoms with van der Waals surface area (Å²) in [5, 5.41) is 4.22. The van der Waals surface area contributed by atoms with Gasteiger partial charge in [0, 0.05) is 48.1 Å². The SMILES string of the molecule is COc1cc(OC)c2c(c1)N(c1ccc3ncc(-c4cnn(C)c4)nc3c1)CC(OS(C)(=O)=O)C2C. The van der Waals surface area contributed by atoms with Crippen molar-refractivity contribution in [1.29, 1.82) is 0 Å². The minimum Gasteiger partial charge on any atom is -0.497 e. The number of benzene rings is 2. The molecule has 0 radical (unpaired) electrons. The van der Waals surface area contributed by atoms with Gasteiger partial charge in [-0.15, -0.1) is 0 Å². The molecule has 11 heteroatoms. The lowest BCUT2D eigenvalue weighted by Crippen LogP contribution is -2.40. The van der Waals surface area contributed by atoms with Crippen LogP contribution in [-0.4, -0.2) is 61.3 Å². The molecule has 0 N–H and O–H groups in total. The number of ether oxygens (including phenoxy) is 2. The molecule has 2 aromatic carbocycles. The molecule has 36 heavy (non-hydrogen) atoms. The van der Waals surface area contributed by atoms with Gasteiger partial charge < -0.3 is 14.4 Å². The number of fused-ring (bicyclic) bond motifs is 2. The van der Waals surface area contributed by atoms with Crippen LogP contribution < -0.4 is 14.4 Å². The highest BCUT2D eigenvalue weighted by Gasteiger charge is 2.37. The molecule has 4 aromatic rings. The van der Waals surface area contributed by atoms with Gasteiger partial charge in [0.25, 0.3) is 10.1 Å². The Kier molecular flexibility index (Phi) is 6.05. The molecule has 5 rings (SSSR count). The van der Waals surface area contributed by atoms with Gasteiger partial charge in [-0.05, 0) is 18.2 Å². The minimum absolute atomic E-state index is 0.246. The number of anilines is 2. The Morgan fingerprint density at radius 2 is 1.86 bits per heavy atom. The summed E-state index contributed by atoms with van der Waals surface area (Å²) < 4.78 is 42.6. The maximum absolute atomic E-state index is 12.1. The third-order valence-corrected chi connectivity index (χ3v) is 6.95. The molecular weight excluding hydrogens is 482 g/mol. The highest BCUT2D eigenvalue weighted by atomic mass is 32.2. The molecule has 0 amide bonds. The van der Waals surface area contributed by atoms with Gasteiger partial charge in [-0.25, -0.2) is 4.98 Å². The number of methoxy groups -OCH3 is 2. The average Bonchev–Trinajstić information content (AvgIpc) is 3.29. The maximum Gasteiger partial charge on any atom is 0.264 e. The number of hydrogen-bond donors (Lipinski definition) is 0. The normalized spacial score (nSPS) is 17.8. The van der Waals surface area contributed by atoms with Crippen LogP contribution in [-0.2, 0) is 21.3 Å². The number of aryl methyl sites for hydroxylation is 1. The molecule has 0 spiro atoms. The van der Waals surface area contributed by atoms with Gasteiger partial charge in [0.15, 0.2) is 0 Å². The van der Waals surface area contributed by atoms with E-state index in [0.29, 0.717) is 29.3 Å². The molecule has 188 valence electrons. The molecule has 1 aliphatic heterocycles. The molecule has 0 bridgehead atoms. The standard InChI is InChI=1S/C25H27N5O5S/c1-15-24(35-36(5,31)32)14-30(22-9-18(33-3)10-23(34-4)25(15)22)17-6-7-19-20(8-17)28-21(12-26-19)16-11-27-29(2)13-16/h6-13,15,24H,14H2,1-5H3. The van der Waals surface area contributed by atoms with E-state index in [9.17, 15) is 8.42 Å². The van der Waals surface area contributed by atoms with Gasteiger partial charge in [0.05, 0.1) is 61.8 Å². The van der Waals surface area contributed by atoms with Crippen LogP contribution in [0.25, 0.3) is 22.3 Å². The molecule has 2 aromatic heterocycles. The van der Waals surface area contributed by atoms with E-state index in [-0.39, 0.29) is 5.92 Å². The van der Waals surface area contributed by atoms with Gasteiger partial charge in [-0.3, -0.25) is 13.8 Å². The fourth-order valence-corrected chi connectivity index (χ4v) is 5.30. The number of rotatable bonds is 6. The van der Waals surface area contributed by atoms with E-state index in [2.05, 4.69) is 10.1 Å². The zero-order chi connectivity index (χ0) is 25.6. The highest BCUT2D eigenvalue weighted by Crippen LogP contribution is 2.47. The van der Waals surface area contributed by atoms with Crippen LogP contribution in [0.5, 0.6) is 11.5 Å². The van der Waals surface area contributed by atoms with E-state index in [1.165, 1.54) is 0 Å². The lowest BCUT2D eigenvalue weighted by molar-refractivity contribution is 0.185. The zero-order valence-corrected chi connectivity index (χ0v) is 21.5. The third-order valence-electron chi connectivity index (χ3n) is 6.35. The van der Waals surface area contributed by atoms with E-state index in [1.807, 2.05) is 49.3 Å². The van der Waals surface area contributed by atoms with E-state index in [4.69, 9.17) is 18.6 Å². The predicted molar refractivity (Wildman–Crippen MR) is 136 cm³/mol. The number of nitrogens with zero attached hydrogens (tertiary/aromatic N) is 5. The first-order valence-electron chi connectivity index (χ1n) is 11.3. The quantitative estimate of drug-likeness (QED) is 0.360. The van der Waals surface area contributed by atoms with E-state index < -0.39 is 16.2 Å². The Morgan fingerprint density at radius 1 is 1.06 bits per heavy atom. The average molecular weight is 510 g/mol. The summed E-state index contributed by atoms with van der Waals surface area (Å²) in [6.07, 6.45) is 5.79. The minimum atomic E-state index is -3.69. The van der Waals surface area contributed by atoms with Crippen molar-refractivity contribution in [3.8, 4) is 22.8 Å². The van der Waals surface area contributed by atoms with Crippen molar-refractivity contribution in [2.45, 2.75) is 18.9 Å². The molecular formula is C25H27N5O5S. The third kappa shape index (κ3) is 4.47. The molecule has 0 saturated heterocycles. The zero-order valence-electron chi connectivity index (χ0n) is 20.7. The first kappa shape index (κ1) is 24.0. The van der Waals surface area contributed by atoms with Crippen molar-refractivity contribution in [3.63, 3.8) is 0 Å². The number of hydrogen-bond acceptors (Lipinski definition) is 9. The largest absolute Gasteiger partial charge is 0.497 e. The molecule has 1 aliphatic rings. The van der Waals surface area contributed by atoms with Crippen molar-refractivity contribution >= 4 is 32.5 Å². The van der Waals surface area contributed by atoms with Crippen molar-refractivity contribution in [2.24, 2.45) is 7.05 Å². The second kappa shape index (κ2) is 9.07.